The van der Waals surface area contributed by atoms with E-state index in [4.69, 9.17) is 4.74 Å². The molecule has 0 aromatic heterocycles. The second-order valence-corrected chi connectivity index (χ2v) is 5.75. The molecule has 122 valence electrons. The molecule has 5 heteroatoms. The highest BCUT2D eigenvalue weighted by molar-refractivity contribution is 5.23. The summed E-state index contributed by atoms with van der Waals surface area (Å²) in [5, 5.41) is 0. The lowest BCUT2D eigenvalue weighted by molar-refractivity contribution is -0.0436. The lowest BCUT2D eigenvalue weighted by Gasteiger charge is -2.37. The van der Waals surface area contributed by atoms with Crippen molar-refractivity contribution in [2.45, 2.75) is 19.1 Å². The normalized spacial score (nSPS) is 20.4. The second kappa shape index (κ2) is 6.72. The third kappa shape index (κ3) is 3.57. The van der Waals surface area contributed by atoms with Crippen molar-refractivity contribution in [1.29, 1.82) is 0 Å². The topological polar surface area (TPSA) is 12.5 Å². The molecule has 0 saturated carbocycles. The van der Waals surface area contributed by atoms with Crippen molar-refractivity contribution in [3.8, 4) is 0 Å². The lowest BCUT2D eigenvalue weighted by atomic mass is 10.0. The summed E-state index contributed by atoms with van der Waals surface area (Å²) in [7, 11) is 0. The molecule has 1 saturated heterocycles. The van der Waals surface area contributed by atoms with Crippen molar-refractivity contribution in [2.75, 3.05) is 19.7 Å². The van der Waals surface area contributed by atoms with E-state index in [1.54, 1.807) is 6.07 Å². The van der Waals surface area contributed by atoms with Crippen LogP contribution in [0.25, 0.3) is 0 Å². The van der Waals surface area contributed by atoms with Crippen LogP contribution in [-0.4, -0.2) is 24.6 Å². The van der Waals surface area contributed by atoms with Crippen molar-refractivity contribution >= 4 is 0 Å². The van der Waals surface area contributed by atoms with Gasteiger partial charge in [0.05, 0.1) is 12.7 Å². The summed E-state index contributed by atoms with van der Waals surface area (Å²) in [4.78, 5) is 2.02. The molecule has 2 unspecified atom stereocenters. The van der Waals surface area contributed by atoms with Crippen LogP contribution in [0.4, 0.5) is 13.2 Å². The van der Waals surface area contributed by atoms with E-state index in [0.29, 0.717) is 25.3 Å². The maximum absolute atomic E-state index is 14.0. The van der Waals surface area contributed by atoms with E-state index in [0.717, 1.165) is 17.7 Å². The highest BCUT2D eigenvalue weighted by atomic mass is 19.1. The molecule has 1 aliphatic heterocycles. The standard InChI is InChI=1S/C18H18F3NO/c1-12(16-10-15(20)5-6-17(16)21)22-7-8-23-18(11-22)13-3-2-4-14(19)9-13/h2-6,9-10,12,18H,7-8,11H2,1H3. The first-order chi connectivity index (χ1) is 11.0. The summed E-state index contributed by atoms with van der Waals surface area (Å²) >= 11 is 0. The summed E-state index contributed by atoms with van der Waals surface area (Å²) in [5.41, 5.74) is 1.08. The van der Waals surface area contributed by atoms with Crippen LogP contribution in [0.1, 0.15) is 30.2 Å². The molecule has 1 heterocycles. The summed E-state index contributed by atoms with van der Waals surface area (Å²) in [5.74, 6) is -1.19. The van der Waals surface area contributed by atoms with Gasteiger partial charge in [-0.05, 0) is 42.8 Å². The van der Waals surface area contributed by atoms with Crippen molar-refractivity contribution in [2.24, 2.45) is 0 Å². The number of rotatable bonds is 3. The van der Waals surface area contributed by atoms with Gasteiger partial charge in [0.25, 0.3) is 0 Å². The van der Waals surface area contributed by atoms with Crippen LogP contribution in [-0.2, 0) is 4.74 Å². The number of ether oxygens (including phenoxy) is 1. The van der Waals surface area contributed by atoms with E-state index < -0.39 is 11.6 Å². The Hall–Kier alpha value is -1.85. The molecule has 0 spiro atoms. The summed E-state index contributed by atoms with van der Waals surface area (Å²) in [6, 6.07) is 9.48. The minimum absolute atomic E-state index is 0.279. The van der Waals surface area contributed by atoms with Gasteiger partial charge in [0.15, 0.2) is 0 Å². The average Bonchev–Trinajstić information content (AvgIpc) is 2.56. The maximum atomic E-state index is 14.0. The fraction of sp³-hybridized carbons (Fsp3) is 0.333. The first kappa shape index (κ1) is 16.0. The van der Waals surface area contributed by atoms with E-state index in [2.05, 4.69) is 0 Å². The van der Waals surface area contributed by atoms with E-state index >= 15 is 0 Å². The Morgan fingerprint density at radius 2 is 1.87 bits per heavy atom. The summed E-state index contributed by atoms with van der Waals surface area (Å²) in [6.07, 6.45) is -0.279. The Labute approximate surface area is 133 Å². The number of benzene rings is 2. The van der Waals surface area contributed by atoms with E-state index in [9.17, 15) is 13.2 Å². The largest absolute Gasteiger partial charge is 0.371 e. The molecule has 2 aromatic carbocycles. The van der Waals surface area contributed by atoms with Crippen molar-refractivity contribution in [1.82, 2.24) is 4.90 Å². The first-order valence-corrected chi connectivity index (χ1v) is 7.60. The van der Waals surface area contributed by atoms with Crippen LogP contribution in [0.5, 0.6) is 0 Å². The first-order valence-electron chi connectivity index (χ1n) is 7.60. The van der Waals surface area contributed by atoms with E-state index in [1.807, 2.05) is 17.9 Å². The molecule has 23 heavy (non-hydrogen) atoms. The lowest BCUT2D eigenvalue weighted by Crippen LogP contribution is -2.40. The van der Waals surface area contributed by atoms with E-state index in [-0.39, 0.29) is 18.0 Å². The predicted octanol–water partition coefficient (Wildman–Crippen LogP) is 4.24. The third-order valence-corrected chi connectivity index (χ3v) is 4.27. The number of hydrogen-bond acceptors (Lipinski definition) is 2. The van der Waals surface area contributed by atoms with Gasteiger partial charge in [0, 0.05) is 24.7 Å². The summed E-state index contributed by atoms with van der Waals surface area (Å²) in [6.45, 7) is 3.41. The van der Waals surface area contributed by atoms with Crippen LogP contribution in [0.15, 0.2) is 42.5 Å². The van der Waals surface area contributed by atoms with Gasteiger partial charge in [0.2, 0.25) is 0 Å². The molecule has 0 N–H and O–H groups in total. The van der Waals surface area contributed by atoms with Gasteiger partial charge in [-0.1, -0.05) is 12.1 Å². The van der Waals surface area contributed by atoms with Crippen molar-refractivity contribution in [3.63, 3.8) is 0 Å². The molecule has 0 amide bonds. The smallest absolute Gasteiger partial charge is 0.128 e. The fourth-order valence-electron chi connectivity index (χ4n) is 2.96. The molecule has 2 nitrogen and oxygen atoms in total. The molecule has 2 aromatic rings. The van der Waals surface area contributed by atoms with Gasteiger partial charge in [0.1, 0.15) is 17.5 Å². The van der Waals surface area contributed by atoms with Gasteiger partial charge in [-0.25, -0.2) is 13.2 Å². The zero-order valence-corrected chi connectivity index (χ0v) is 12.8. The number of halogens is 3. The van der Waals surface area contributed by atoms with Gasteiger partial charge >= 0.3 is 0 Å². The molecular formula is C18H18F3NO. The Morgan fingerprint density at radius 3 is 2.65 bits per heavy atom. The molecule has 0 radical (unpaired) electrons. The predicted molar refractivity (Wildman–Crippen MR) is 81.4 cm³/mol. The molecule has 3 rings (SSSR count). The number of hydrogen-bond donors (Lipinski definition) is 0. The van der Waals surface area contributed by atoms with Crippen LogP contribution in [0.2, 0.25) is 0 Å². The second-order valence-electron chi connectivity index (χ2n) is 5.75. The van der Waals surface area contributed by atoms with Gasteiger partial charge in [-0.2, -0.15) is 0 Å². The highest BCUT2D eigenvalue weighted by Crippen LogP contribution is 2.30. The zero-order valence-electron chi connectivity index (χ0n) is 12.8. The monoisotopic (exact) mass is 321 g/mol. The molecule has 0 bridgehead atoms. The SMILES string of the molecule is CC(c1cc(F)ccc1F)N1CCOC(c2cccc(F)c2)C1. The number of nitrogens with zero attached hydrogens (tertiary/aromatic N) is 1. The van der Waals surface area contributed by atoms with Crippen LogP contribution in [0.3, 0.4) is 0 Å². The van der Waals surface area contributed by atoms with Gasteiger partial charge in [-0.3, -0.25) is 4.90 Å². The molecule has 2 atom stereocenters. The Kier molecular flexibility index (Phi) is 4.68. The molecular weight excluding hydrogens is 303 g/mol. The average molecular weight is 321 g/mol. The van der Waals surface area contributed by atoms with Gasteiger partial charge in [-0.15, -0.1) is 0 Å². The van der Waals surface area contributed by atoms with Crippen LogP contribution < -0.4 is 0 Å². The fourth-order valence-corrected chi connectivity index (χ4v) is 2.96. The van der Waals surface area contributed by atoms with E-state index in [1.165, 1.54) is 18.2 Å². The molecule has 1 aliphatic rings. The molecule has 0 aliphatic carbocycles. The van der Waals surface area contributed by atoms with Crippen molar-refractivity contribution in [3.05, 3.63) is 71.0 Å². The maximum Gasteiger partial charge on any atom is 0.128 e. The highest BCUT2D eigenvalue weighted by Gasteiger charge is 2.27. The Bertz CT molecular complexity index is 692. The minimum Gasteiger partial charge on any atom is -0.371 e. The Balaban J connectivity index is 1.79. The number of morpholine rings is 1. The Morgan fingerprint density at radius 1 is 1.09 bits per heavy atom. The summed E-state index contributed by atoms with van der Waals surface area (Å²) < 4.78 is 46.5. The third-order valence-electron chi connectivity index (χ3n) is 4.27. The van der Waals surface area contributed by atoms with Crippen LogP contribution in [0, 0.1) is 17.5 Å². The van der Waals surface area contributed by atoms with Crippen LogP contribution >= 0.6 is 0 Å². The minimum atomic E-state index is -0.455. The van der Waals surface area contributed by atoms with Crippen molar-refractivity contribution < 1.29 is 17.9 Å². The molecule has 1 fully saturated rings. The quantitative estimate of drug-likeness (QED) is 0.838. The zero-order chi connectivity index (χ0) is 16.4. The van der Waals surface area contributed by atoms with Gasteiger partial charge < -0.3 is 4.74 Å².